The Kier molecular flexibility index (Phi) is 4.97. The number of anilines is 1. The molecule has 0 atom stereocenters. The standard InChI is InChI=1S/C16H9I2NO3S/c17-11-6-9(7-12(18)14(11)20)8-13-15(21)19(16(22)23-13)10-4-2-1-3-5-10/h1-8,20H/b13-8-. The molecule has 3 rings (SSSR count). The molecule has 0 bridgehead atoms. The third kappa shape index (κ3) is 3.41. The topological polar surface area (TPSA) is 57.6 Å². The minimum atomic E-state index is -0.329. The second-order valence-electron chi connectivity index (χ2n) is 4.69. The fourth-order valence-electron chi connectivity index (χ4n) is 2.09. The lowest BCUT2D eigenvalue weighted by Gasteiger charge is -2.11. The Hall–Kier alpha value is -1.07. The summed E-state index contributed by atoms with van der Waals surface area (Å²) in [6, 6.07) is 12.4. The van der Waals surface area contributed by atoms with E-state index >= 15 is 0 Å². The van der Waals surface area contributed by atoms with Gasteiger partial charge >= 0.3 is 0 Å². The van der Waals surface area contributed by atoms with Crippen molar-refractivity contribution in [3.05, 3.63) is 60.1 Å². The SMILES string of the molecule is O=C1S/C(=C\c2cc(I)c(O)c(I)c2)C(=O)N1c1ccccc1. The molecule has 2 aromatic carbocycles. The molecule has 23 heavy (non-hydrogen) atoms. The number of phenols is 1. The Morgan fingerprint density at radius 3 is 2.26 bits per heavy atom. The van der Waals surface area contributed by atoms with Crippen molar-refractivity contribution in [1.29, 1.82) is 0 Å². The summed E-state index contributed by atoms with van der Waals surface area (Å²) in [6.45, 7) is 0. The van der Waals surface area contributed by atoms with Crippen molar-refractivity contribution in [2.24, 2.45) is 0 Å². The van der Waals surface area contributed by atoms with E-state index in [-0.39, 0.29) is 16.9 Å². The summed E-state index contributed by atoms with van der Waals surface area (Å²) in [7, 11) is 0. The van der Waals surface area contributed by atoms with Gasteiger partial charge in [0.25, 0.3) is 11.1 Å². The molecule has 1 saturated heterocycles. The van der Waals surface area contributed by atoms with Crippen LogP contribution in [0.3, 0.4) is 0 Å². The third-order valence-electron chi connectivity index (χ3n) is 3.15. The fourth-order valence-corrected chi connectivity index (χ4v) is 4.74. The number of benzene rings is 2. The summed E-state index contributed by atoms with van der Waals surface area (Å²) in [5.74, 6) is -0.106. The van der Waals surface area contributed by atoms with Crippen molar-refractivity contribution in [3.63, 3.8) is 0 Å². The summed E-state index contributed by atoms with van der Waals surface area (Å²) < 4.78 is 1.39. The lowest BCUT2D eigenvalue weighted by Crippen LogP contribution is -2.27. The number of para-hydroxylation sites is 1. The molecule has 0 radical (unpaired) electrons. The van der Waals surface area contributed by atoms with Gasteiger partial charge in [0.15, 0.2) is 0 Å². The first-order valence-corrected chi connectivity index (χ1v) is 9.46. The number of hydrogen-bond acceptors (Lipinski definition) is 4. The number of imide groups is 1. The summed E-state index contributed by atoms with van der Waals surface area (Å²) in [5.41, 5.74) is 1.34. The lowest BCUT2D eigenvalue weighted by molar-refractivity contribution is -0.113. The third-order valence-corrected chi connectivity index (χ3v) is 5.66. The Balaban J connectivity index is 1.96. The van der Waals surface area contributed by atoms with Gasteiger partial charge in [0.05, 0.1) is 17.7 Å². The molecule has 116 valence electrons. The van der Waals surface area contributed by atoms with Crippen molar-refractivity contribution in [2.45, 2.75) is 0 Å². The predicted molar refractivity (Wildman–Crippen MR) is 108 cm³/mol. The van der Waals surface area contributed by atoms with Crippen LogP contribution >= 0.6 is 56.9 Å². The Labute approximate surface area is 164 Å². The van der Waals surface area contributed by atoms with Gasteiger partial charge in [0, 0.05) is 0 Å². The monoisotopic (exact) mass is 549 g/mol. The zero-order chi connectivity index (χ0) is 16.6. The number of amides is 2. The van der Waals surface area contributed by atoms with Crippen LogP contribution in [0.25, 0.3) is 6.08 Å². The van der Waals surface area contributed by atoms with Gasteiger partial charge in [-0.25, -0.2) is 4.90 Å². The quantitative estimate of drug-likeness (QED) is 0.431. The molecule has 0 unspecified atom stereocenters. The number of carbonyl (C=O) groups is 2. The zero-order valence-corrected chi connectivity index (χ0v) is 16.6. The second-order valence-corrected chi connectivity index (χ2v) is 8.00. The van der Waals surface area contributed by atoms with Crippen molar-refractivity contribution in [3.8, 4) is 5.75 Å². The minimum absolute atomic E-state index is 0.223. The smallest absolute Gasteiger partial charge is 0.298 e. The molecule has 2 amide bonds. The largest absolute Gasteiger partial charge is 0.506 e. The van der Waals surface area contributed by atoms with Gasteiger partial charge in [-0.05, 0) is 92.8 Å². The summed E-state index contributed by atoms with van der Waals surface area (Å²) in [5, 5.41) is 9.50. The highest BCUT2D eigenvalue weighted by Crippen LogP contribution is 2.36. The highest BCUT2D eigenvalue weighted by Gasteiger charge is 2.36. The Morgan fingerprint density at radius 1 is 1.04 bits per heavy atom. The Bertz CT molecular complexity index is 813. The van der Waals surface area contributed by atoms with Gasteiger partial charge in [-0.15, -0.1) is 0 Å². The number of rotatable bonds is 2. The fraction of sp³-hybridized carbons (Fsp3) is 0. The number of nitrogens with zero attached hydrogens (tertiary/aromatic N) is 1. The van der Waals surface area contributed by atoms with E-state index in [1.54, 1.807) is 42.5 Å². The van der Waals surface area contributed by atoms with E-state index in [4.69, 9.17) is 0 Å². The van der Waals surface area contributed by atoms with Crippen LogP contribution in [0.1, 0.15) is 5.56 Å². The molecule has 4 nitrogen and oxygen atoms in total. The van der Waals surface area contributed by atoms with Crippen LogP contribution in [0.5, 0.6) is 5.75 Å². The van der Waals surface area contributed by atoms with Gasteiger partial charge in [0.1, 0.15) is 5.75 Å². The first kappa shape index (κ1) is 16.8. The van der Waals surface area contributed by atoms with Crippen molar-refractivity contribution in [2.75, 3.05) is 4.90 Å². The van der Waals surface area contributed by atoms with Crippen molar-refractivity contribution in [1.82, 2.24) is 0 Å². The summed E-state index contributed by atoms with van der Waals surface area (Å²) in [4.78, 5) is 26.2. The molecular formula is C16H9I2NO3S. The first-order chi connectivity index (χ1) is 11.0. The normalized spacial score (nSPS) is 16.4. The van der Waals surface area contributed by atoms with E-state index in [1.165, 1.54) is 4.90 Å². The number of halogens is 2. The van der Waals surface area contributed by atoms with E-state index < -0.39 is 0 Å². The summed E-state index contributed by atoms with van der Waals surface area (Å²) in [6.07, 6.45) is 1.68. The van der Waals surface area contributed by atoms with Crippen LogP contribution in [0.2, 0.25) is 0 Å². The van der Waals surface area contributed by atoms with E-state index in [0.29, 0.717) is 17.7 Å². The van der Waals surface area contributed by atoms with Crippen molar-refractivity contribution < 1.29 is 14.7 Å². The molecule has 1 fully saturated rings. The van der Waals surface area contributed by atoms with Crippen molar-refractivity contribution >= 4 is 79.9 Å². The van der Waals surface area contributed by atoms with Crippen LogP contribution in [0.4, 0.5) is 10.5 Å². The molecule has 1 aliphatic rings. The van der Waals surface area contributed by atoms with E-state index in [9.17, 15) is 14.7 Å². The number of thioether (sulfide) groups is 1. The molecule has 0 aromatic heterocycles. The van der Waals surface area contributed by atoms with Gasteiger partial charge in [-0.1, -0.05) is 18.2 Å². The van der Waals surface area contributed by atoms with Gasteiger partial charge in [0.2, 0.25) is 0 Å². The molecule has 0 saturated carbocycles. The maximum Gasteiger partial charge on any atom is 0.298 e. The maximum absolute atomic E-state index is 12.5. The van der Waals surface area contributed by atoms with Crippen LogP contribution in [0, 0.1) is 7.14 Å². The van der Waals surface area contributed by atoms with E-state index in [1.807, 2.05) is 51.2 Å². The molecular weight excluding hydrogens is 540 g/mol. The Morgan fingerprint density at radius 2 is 1.65 bits per heavy atom. The van der Waals surface area contributed by atoms with E-state index in [0.717, 1.165) is 17.3 Å². The number of carbonyl (C=O) groups excluding carboxylic acids is 2. The van der Waals surface area contributed by atoms with E-state index in [2.05, 4.69) is 0 Å². The zero-order valence-electron chi connectivity index (χ0n) is 11.5. The first-order valence-electron chi connectivity index (χ1n) is 6.48. The average molecular weight is 549 g/mol. The number of aromatic hydroxyl groups is 1. The molecule has 1 aliphatic heterocycles. The number of hydrogen-bond donors (Lipinski definition) is 1. The van der Waals surface area contributed by atoms with Crippen LogP contribution in [0.15, 0.2) is 47.4 Å². The molecule has 2 aromatic rings. The van der Waals surface area contributed by atoms with Crippen LogP contribution < -0.4 is 4.90 Å². The highest BCUT2D eigenvalue weighted by atomic mass is 127. The molecule has 1 heterocycles. The molecule has 1 N–H and O–H groups in total. The van der Waals surface area contributed by atoms with Gasteiger partial charge in [-0.3, -0.25) is 9.59 Å². The lowest BCUT2D eigenvalue weighted by atomic mass is 10.2. The van der Waals surface area contributed by atoms with Gasteiger partial charge < -0.3 is 5.11 Å². The maximum atomic E-state index is 12.5. The average Bonchev–Trinajstić information content (AvgIpc) is 2.80. The predicted octanol–water partition coefficient (Wildman–Crippen LogP) is 4.84. The van der Waals surface area contributed by atoms with Gasteiger partial charge in [-0.2, -0.15) is 0 Å². The minimum Gasteiger partial charge on any atom is -0.506 e. The molecule has 0 aliphatic carbocycles. The summed E-state index contributed by atoms with van der Waals surface area (Å²) >= 11 is 4.98. The van der Waals surface area contributed by atoms with Crippen LogP contribution in [-0.4, -0.2) is 16.3 Å². The second kappa shape index (κ2) is 6.81. The number of phenolic OH excluding ortho intramolecular Hbond substituents is 1. The van der Waals surface area contributed by atoms with Crippen LogP contribution in [-0.2, 0) is 4.79 Å². The molecule has 7 heteroatoms. The highest BCUT2D eigenvalue weighted by molar-refractivity contribution is 14.1. The molecule has 0 spiro atoms.